The zero-order chi connectivity index (χ0) is 20.3. The van der Waals surface area contributed by atoms with E-state index in [0.29, 0.717) is 15.1 Å². The molecule has 8 heteroatoms. The Morgan fingerprint density at radius 2 is 1.71 bits per heavy atom. The Labute approximate surface area is 176 Å². The third kappa shape index (κ3) is 4.68. The van der Waals surface area contributed by atoms with E-state index >= 15 is 0 Å². The molecule has 1 amide bonds. The van der Waals surface area contributed by atoms with E-state index in [1.165, 1.54) is 11.1 Å². The average molecular weight is 438 g/mol. The van der Waals surface area contributed by atoms with E-state index in [4.69, 9.17) is 34.8 Å². The van der Waals surface area contributed by atoms with E-state index in [1.807, 2.05) is 12.1 Å². The van der Waals surface area contributed by atoms with Gasteiger partial charge in [0.05, 0.1) is 15.6 Å². The highest BCUT2D eigenvalue weighted by molar-refractivity contribution is 6.42. The first-order chi connectivity index (χ1) is 13.3. The standard InChI is InChI=1S/C20H15Cl3N2O3/c21-15-4-2-1-3-13(15)11-25(10-12-5-6-16(22)17(23)7-12)20(28)14-9-24-19(27)8-18(14)26/h1-9H,10-11H2,(H2,24,26,27). The van der Waals surface area contributed by atoms with E-state index in [9.17, 15) is 14.7 Å². The summed E-state index contributed by atoms with van der Waals surface area (Å²) in [6, 6.07) is 13.2. The average Bonchev–Trinajstić information content (AvgIpc) is 2.65. The lowest BCUT2D eigenvalue weighted by atomic mass is 10.1. The van der Waals surface area contributed by atoms with Gasteiger partial charge in [-0.1, -0.05) is 59.1 Å². The molecule has 2 aromatic carbocycles. The molecule has 0 aliphatic carbocycles. The fraction of sp³-hybridized carbons (Fsp3) is 0.100. The third-order valence-electron chi connectivity index (χ3n) is 4.10. The summed E-state index contributed by atoms with van der Waals surface area (Å²) in [6.45, 7) is 0.386. The van der Waals surface area contributed by atoms with Gasteiger partial charge in [-0.15, -0.1) is 0 Å². The number of hydrogen-bond acceptors (Lipinski definition) is 3. The maximum Gasteiger partial charge on any atom is 0.259 e. The number of aromatic amines is 1. The number of benzene rings is 2. The number of carbonyl (C=O) groups excluding carboxylic acids is 1. The van der Waals surface area contributed by atoms with Gasteiger partial charge in [-0.3, -0.25) is 9.59 Å². The molecule has 28 heavy (non-hydrogen) atoms. The van der Waals surface area contributed by atoms with Crippen LogP contribution in [0.25, 0.3) is 0 Å². The molecule has 0 radical (unpaired) electrons. The summed E-state index contributed by atoms with van der Waals surface area (Å²) in [5.74, 6) is -0.869. The number of hydrogen-bond donors (Lipinski definition) is 2. The maximum absolute atomic E-state index is 13.1. The van der Waals surface area contributed by atoms with Crippen LogP contribution >= 0.6 is 34.8 Å². The first-order valence-corrected chi connectivity index (χ1v) is 9.37. The number of nitrogens with zero attached hydrogens (tertiary/aromatic N) is 1. The van der Waals surface area contributed by atoms with Gasteiger partial charge < -0.3 is 15.0 Å². The minimum atomic E-state index is -0.504. The van der Waals surface area contributed by atoms with Crippen LogP contribution in [-0.4, -0.2) is 20.9 Å². The van der Waals surface area contributed by atoms with Gasteiger partial charge in [0, 0.05) is 30.4 Å². The predicted octanol–water partition coefficient (Wildman–Crippen LogP) is 4.88. The van der Waals surface area contributed by atoms with Crippen LogP contribution in [0, 0.1) is 0 Å². The van der Waals surface area contributed by atoms with Gasteiger partial charge in [-0.25, -0.2) is 0 Å². The summed E-state index contributed by atoms with van der Waals surface area (Å²) in [6.07, 6.45) is 1.19. The monoisotopic (exact) mass is 436 g/mol. The molecule has 0 aliphatic rings. The molecule has 5 nitrogen and oxygen atoms in total. The van der Waals surface area contributed by atoms with Crippen molar-refractivity contribution in [2.75, 3.05) is 0 Å². The van der Waals surface area contributed by atoms with Crippen LogP contribution in [0.4, 0.5) is 0 Å². The Morgan fingerprint density at radius 1 is 0.964 bits per heavy atom. The second kappa shape index (κ2) is 8.69. The van der Waals surface area contributed by atoms with Gasteiger partial charge in [0.1, 0.15) is 5.75 Å². The summed E-state index contributed by atoms with van der Waals surface area (Å²) < 4.78 is 0. The number of halogens is 3. The Kier molecular flexibility index (Phi) is 6.29. The lowest BCUT2D eigenvalue weighted by Crippen LogP contribution is -2.31. The molecule has 0 atom stereocenters. The van der Waals surface area contributed by atoms with Crippen molar-refractivity contribution in [1.29, 1.82) is 0 Å². The van der Waals surface area contributed by atoms with E-state index in [1.54, 1.807) is 30.3 Å². The second-order valence-electron chi connectivity index (χ2n) is 6.10. The number of carbonyl (C=O) groups is 1. The summed E-state index contributed by atoms with van der Waals surface area (Å²) in [7, 11) is 0. The molecule has 1 heterocycles. The van der Waals surface area contributed by atoms with Crippen molar-refractivity contribution in [3.63, 3.8) is 0 Å². The van der Waals surface area contributed by atoms with Gasteiger partial charge in [0.2, 0.25) is 0 Å². The largest absolute Gasteiger partial charge is 0.507 e. The molecule has 0 aliphatic heterocycles. The Bertz CT molecular complexity index is 1080. The molecule has 2 N–H and O–H groups in total. The lowest BCUT2D eigenvalue weighted by Gasteiger charge is -2.24. The fourth-order valence-corrected chi connectivity index (χ4v) is 3.21. The van der Waals surface area contributed by atoms with Crippen LogP contribution in [0.2, 0.25) is 15.1 Å². The molecule has 0 spiro atoms. The smallest absolute Gasteiger partial charge is 0.259 e. The second-order valence-corrected chi connectivity index (χ2v) is 7.32. The summed E-state index contributed by atoms with van der Waals surface area (Å²) in [5, 5.41) is 11.3. The van der Waals surface area contributed by atoms with E-state index in [2.05, 4.69) is 4.98 Å². The van der Waals surface area contributed by atoms with Crippen molar-refractivity contribution in [3.05, 3.63) is 96.8 Å². The molecule has 3 rings (SSSR count). The summed E-state index contributed by atoms with van der Waals surface area (Å²) >= 11 is 18.3. The molecule has 0 fully saturated rings. The van der Waals surface area contributed by atoms with E-state index in [-0.39, 0.29) is 18.7 Å². The quantitative estimate of drug-likeness (QED) is 0.597. The maximum atomic E-state index is 13.1. The number of aromatic hydroxyl groups is 1. The number of H-pyrrole nitrogens is 1. The molecule has 1 aromatic heterocycles. The highest BCUT2D eigenvalue weighted by atomic mass is 35.5. The van der Waals surface area contributed by atoms with Crippen molar-refractivity contribution in [3.8, 4) is 5.75 Å². The van der Waals surface area contributed by atoms with Crippen LogP contribution < -0.4 is 5.56 Å². The molecular weight excluding hydrogens is 423 g/mol. The van der Waals surface area contributed by atoms with Gasteiger partial charge in [-0.2, -0.15) is 0 Å². The molecule has 0 saturated heterocycles. The first-order valence-electron chi connectivity index (χ1n) is 8.23. The molecular formula is C20H15Cl3N2O3. The van der Waals surface area contributed by atoms with Crippen molar-refractivity contribution >= 4 is 40.7 Å². The molecule has 144 valence electrons. The topological polar surface area (TPSA) is 73.4 Å². The Balaban J connectivity index is 1.97. The summed E-state index contributed by atoms with van der Waals surface area (Å²) in [5.41, 5.74) is 0.961. The van der Waals surface area contributed by atoms with Crippen molar-refractivity contribution in [1.82, 2.24) is 9.88 Å². The number of rotatable bonds is 5. The Hall–Kier alpha value is -2.47. The van der Waals surface area contributed by atoms with Crippen LogP contribution in [0.5, 0.6) is 5.75 Å². The Morgan fingerprint density at radius 3 is 2.39 bits per heavy atom. The highest BCUT2D eigenvalue weighted by Gasteiger charge is 2.21. The van der Waals surface area contributed by atoms with Crippen molar-refractivity contribution in [2.45, 2.75) is 13.1 Å². The minimum absolute atomic E-state index is 0.0216. The van der Waals surface area contributed by atoms with Crippen LogP contribution in [0.15, 0.2) is 59.5 Å². The van der Waals surface area contributed by atoms with Gasteiger partial charge in [0.25, 0.3) is 11.5 Å². The molecule has 0 unspecified atom stereocenters. The normalized spacial score (nSPS) is 10.7. The third-order valence-corrected chi connectivity index (χ3v) is 5.20. The van der Waals surface area contributed by atoms with Crippen LogP contribution in [-0.2, 0) is 13.1 Å². The zero-order valence-corrected chi connectivity index (χ0v) is 16.7. The fourth-order valence-electron chi connectivity index (χ4n) is 2.69. The van der Waals surface area contributed by atoms with Crippen LogP contribution in [0.3, 0.4) is 0 Å². The van der Waals surface area contributed by atoms with Crippen molar-refractivity contribution in [2.24, 2.45) is 0 Å². The number of aromatic nitrogens is 1. The summed E-state index contributed by atoms with van der Waals surface area (Å²) in [4.78, 5) is 28.3. The van der Waals surface area contributed by atoms with E-state index < -0.39 is 17.2 Å². The van der Waals surface area contributed by atoms with Gasteiger partial charge >= 0.3 is 0 Å². The van der Waals surface area contributed by atoms with E-state index in [0.717, 1.165) is 17.2 Å². The molecule has 0 bridgehead atoms. The van der Waals surface area contributed by atoms with Gasteiger partial charge in [-0.05, 0) is 29.3 Å². The number of amides is 1. The molecule has 0 saturated carbocycles. The predicted molar refractivity (Wildman–Crippen MR) is 110 cm³/mol. The van der Waals surface area contributed by atoms with Gasteiger partial charge in [0.15, 0.2) is 0 Å². The minimum Gasteiger partial charge on any atom is -0.507 e. The van der Waals surface area contributed by atoms with Crippen LogP contribution in [0.1, 0.15) is 21.5 Å². The number of pyridine rings is 1. The lowest BCUT2D eigenvalue weighted by molar-refractivity contribution is 0.0726. The first kappa shape index (κ1) is 20.3. The SMILES string of the molecule is O=C(c1c[nH]c(=O)cc1O)N(Cc1ccc(Cl)c(Cl)c1)Cc1ccccc1Cl. The van der Waals surface area contributed by atoms with Crippen molar-refractivity contribution < 1.29 is 9.90 Å². The molecule has 3 aromatic rings. The number of nitrogens with one attached hydrogen (secondary N) is 1. The highest BCUT2D eigenvalue weighted by Crippen LogP contribution is 2.26. The zero-order valence-electron chi connectivity index (χ0n) is 14.5.